The quantitative estimate of drug-likeness (QED) is 0.540. The van der Waals surface area contributed by atoms with Crippen LogP contribution in [-0.2, 0) is 0 Å². The van der Waals surface area contributed by atoms with Crippen molar-refractivity contribution in [3.8, 4) is 11.4 Å². The van der Waals surface area contributed by atoms with Gasteiger partial charge in [-0.3, -0.25) is 9.78 Å². The van der Waals surface area contributed by atoms with Gasteiger partial charge in [-0.2, -0.15) is 9.50 Å². The van der Waals surface area contributed by atoms with Gasteiger partial charge in [-0.05, 0) is 30.3 Å². The number of aromatic nitrogens is 4. The van der Waals surface area contributed by atoms with Crippen LogP contribution >= 0.6 is 34.5 Å². The topological polar surface area (TPSA) is 60.2 Å². The highest BCUT2D eigenvalue weighted by Crippen LogP contribution is 2.24. The van der Waals surface area contributed by atoms with Crippen molar-refractivity contribution in [2.45, 2.75) is 0 Å². The van der Waals surface area contributed by atoms with Crippen molar-refractivity contribution in [3.63, 3.8) is 0 Å². The summed E-state index contributed by atoms with van der Waals surface area (Å²) in [6, 6.07) is 8.79. The zero-order valence-corrected chi connectivity index (χ0v) is 14.3. The summed E-state index contributed by atoms with van der Waals surface area (Å²) in [6.45, 7) is 0. The van der Waals surface area contributed by atoms with Crippen LogP contribution in [0.1, 0.15) is 5.56 Å². The Morgan fingerprint density at radius 1 is 1.08 bits per heavy atom. The van der Waals surface area contributed by atoms with Gasteiger partial charge >= 0.3 is 0 Å². The van der Waals surface area contributed by atoms with E-state index in [0.717, 1.165) is 5.56 Å². The minimum atomic E-state index is -0.251. The van der Waals surface area contributed by atoms with E-state index in [-0.39, 0.29) is 5.56 Å². The molecule has 4 rings (SSSR count). The fraction of sp³-hybridized carbons (Fsp3) is 0. The molecule has 118 valence electrons. The summed E-state index contributed by atoms with van der Waals surface area (Å²) in [7, 11) is 0. The lowest BCUT2D eigenvalue weighted by Crippen LogP contribution is -2.23. The van der Waals surface area contributed by atoms with Crippen molar-refractivity contribution in [3.05, 3.63) is 73.2 Å². The molecular weight excluding hydrogens is 367 g/mol. The monoisotopic (exact) mass is 374 g/mol. The van der Waals surface area contributed by atoms with E-state index < -0.39 is 0 Å². The van der Waals surface area contributed by atoms with Crippen molar-refractivity contribution < 1.29 is 0 Å². The van der Waals surface area contributed by atoms with Gasteiger partial charge in [0.2, 0.25) is 4.96 Å². The molecule has 3 aromatic heterocycles. The molecule has 0 atom stereocenters. The average Bonchev–Trinajstić information content (AvgIpc) is 3.12. The molecule has 0 aliphatic rings. The molecule has 0 unspecified atom stereocenters. The molecule has 0 fully saturated rings. The van der Waals surface area contributed by atoms with Crippen LogP contribution in [0.25, 0.3) is 22.4 Å². The summed E-state index contributed by atoms with van der Waals surface area (Å²) in [5.74, 6) is 0.489. The largest absolute Gasteiger partial charge is 0.291 e. The predicted molar refractivity (Wildman–Crippen MR) is 95.6 cm³/mol. The summed E-state index contributed by atoms with van der Waals surface area (Å²) in [4.78, 5) is 21.4. The predicted octanol–water partition coefficient (Wildman–Crippen LogP) is 3.07. The maximum atomic E-state index is 12.5. The number of fused-ring (bicyclic) bond motifs is 1. The number of halogens is 2. The molecule has 0 saturated heterocycles. The zero-order chi connectivity index (χ0) is 16.7. The van der Waals surface area contributed by atoms with Crippen molar-refractivity contribution >= 4 is 45.6 Å². The van der Waals surface area contributed by atoms with E-state index in [1.54, 1.807) is 48.8 Å². The SMILES string of the molecule is O=c1c(=Cc2c(Cl)cccc2Cl)sc2nc(-c3ccncc3)nn12. The van der Waals surface area contributed by atoms with Crippen LogP contribution in [0.5, 0.6) is 0 Å². The molecule has 0 spiro atoms. The number of pyridine rings is 1. The van der Waals surface area contributed by atoms with Gasteiger partial charge in [0.25, 0.3) is 5.56 Å². The molecule has 0 bridgehead atoms. The molecule has 0 saturated carbocycles. The lowest BCUT2D eigenvalue weighted by atomic mass is 10.2. The number of nitrogens with zero attached hydrogens (tertiary/aromatic N) is 4. The minimum absolute atomic E-state index is 0.251. The number of thiazole rings is 1. The molecule has 0 N–H and O–H groups in total. The number of hydrogen-bond acceptors (Lipinski definition) is 5. The van der Waals surface area contributed by atoms with E-state index in [2.05, 4.69) is 15.1 Å². The van der Waals surface area contributed by atoms with Gasteiger partial charge in [0, 0.05) is 33.6 Å². The standard InChI is InChI=1S/C16H8Cl2N4OS/c17-11-2-1-3-12(18)10(11)8-13-15(23)22-16(24-13)20-14(21-22)9-4-6-19-7-5-9/h1-8H. The Morgan fingerprint density at radius 2 is 1.79 bits per heavy atom. The molecule has 0 radical (unpaired) electrons. The Bertz CT molecular complexity index is 1130. The van der Waals surface area contributed by atoms with E-state index in [1.807, 2.05) is 0 Å². The van der Waals surface area contributed by atoms with Gasteiger partial charge in [-0.15, -0.1) is 5.10 Å². The fourth-order valence-corrected chi connectivity index (χ4v) is 3.63. The lowest BCUT2D eigenvalue weighted by molar-refractivity contribution is 0.936. The maximum Gasteiger partial charge on any atom is 0.291 e. The first-order valence-electron chi connectivity index (χ1n) is 6.89. The first-order valence-corrected chi connectivity index (χ1v) is 8.46. The van der Waals surface area contributed by atoms with Crippen molar-refractivity contribution in [1.82, 2.24) is 19.6 Å². The van der Waals surface area contributed by atoms with Crippen molar-refractivity contribution in [1.29, 1.82) is 0 Å². The Kier molecular flexibility index (Phi) is 3.80. The summed E-state index contributed by atoms with van der Waals surface area (Å²) in [6.07, 6.45) is 4.97. The third kappa shape index (κ3) is 2.58. The van der Waals surface area contributed by atoms with E-state index in [0.29, 0.717) is 30.9 Å². The highest BCUT2D eigenvalue weighted by molar-refractivity contribution is 7.15. The fourth-order valence-electron chi connectivity index (χ4n) is 2.24. The minimum Gasteiger partial charge on any atom is -0.266 e. The number of hydrogen-bond donors (Lipinski definition) is 0. The van der Waals surface area contributed by atoms with Crippen LogP contribution in [0.4, 0.5) is 0 Å². The van der Waals surface area contributed by atoms with Gasteiger partial charge in [0.05, 0.1) is 4.53 Å². The summed E-state index contributed by atoms with van der Waals surface area (Å²) < 4.78 is 1.76. The van der Waals surface area contributed by atoms with E-state index >= 15 is 0 Å². The lowest BCUT2D eigenvalue weighted by Gasteiger charge is -1.99. The second kappa shape index (κ2) is 5.98. The molecule has 1 aromatic carbocycles. The van der Waals surface area contributed by atoms with Gasteiger partial charge in [0.15, 0.2) is 5.82 Å². The maximum absolute atomic E-state index is 12.5. The smallest absolute Gasteiger partial charge is 0.266 e. The number of benzene rings is 1. The van der Waals surface area contributed by atoms with Crippen molar-refractivity contribution in [2.24, 2.45) is 0 Å². The highest BCUT2D eigenvalue weighted by Gasteiger charge is 2.12. The van der Waals surface area contributed by atoms with Crippen LogP contribution in [0.15, 0.2) is 47.5 Å². The van der Waals surface area contributed by atoms with Gasteiger partial charge in [0.1, 0.15) is 0 Å². The van der Waals surface area contributed by atoms with E-state index in [9.17, 15) is 4.79 Å². The van der Waals surface area contributed by atoms with Crippen LogP contribution in [0.3, 0.4) is 0 Å². The molecular formula is C16H8Cl2N4OS. The Hall–Kier alpha value is -2.28. The number of rotatable bonds is 2. The van der Waals surface area contributed by atoms with E-state index in [4.69, 9.17) is 23.2 Å². The molecule has 0 aliphatic heterocycles. The molecule has 24 heavy (non-hydrogen) atoms. The third-order valence-corrected chi connectivity index (χ3v) is 5.01. The second-order valence-electron chi connectivity index (χ2n) is 4.92. The second-order valence-corrected chi connectivity index (χ2v) is 6.74. The molecule has 3 heterocycles. The van der Waals surface area contributed by atoms with Crippen molar-refractivity contribution in [2.75, 3.05) is 0 Å². The Balaban J connectivity index is 1.88. The average molecular weight is 375 g/mol. The third-order valence-electron chi connectivity index (χ3n) is 3.40. The highest BCUT2D eigenvalue weighted by atomic mass is 35.5. The Morgan fingerprint density at radius 3 is 2.46 bits per heavy atom. The molecule has 0 aliphatic carbocycles. The summed E-state index contributed by atoms with van der Waals surface area (Å²) in [5, 5.41) is 5.25. The molecule has 8 heteroatoms. The molecule has 0 amide bonds. The Labute approximate surface area is 149 Å². The van der Waals surface area contributed by atoms with Gasteiger partial charge in [-0.1, -0.05) is 40.6 Å². The zero-order valence-electron chi connectivity index (χ0n) is 12.0. The van der Waals surface area contributed by atoms with Crippen LogP contribution in [-0.4, -0.2) is 19.6 Å². The summed E-state index contributed by atoms with van der Waals surface area (Å²) in [5.41, 5.74) is 1.16. The van der Waals surface area contributed by atoms with Gasteiger partial charge < -0.3 is 0 Å². The van der Waals surface area contributed by atoms with Gasteiger partial charge in [-0.25, -0.2) is 0 Å². The normalized spacial score (nSPS) is 12.2. The first kappa shape index (κ1) is 15.3. The van der Waals surface area contributed by atoms with Crippen LogP contribution in [0.2, 0.25) is 10.0 Å². The van der Waals surface area contributed by atoms with Crippen LogP contribution in [0, 0.1) is 0 Å². The van der Waals surface area contributed by atoms with Crippen LogP contribution < -0.4 is 10.1 Å². The first-order chi connectivity index (χ1) is 11.6. The molecule has 5 nitrogen and oxygen atoms in total. The van der Waals surface area contributed by atoms with E-state index in [1.165, 1.54) is 15.9 Å². The molecule has 4 aromatic rings. The summed E-state index contributed by atoms with van der Waals surface area (Å²) >= 11 is 13.5.